The summed E-state index contributed by atoms with van der Waals surface area (Å²) in [5.74, 6) is 1.77. The lowest BCUT2D eigenvalue weighted by Gasteiger charge is -2.35. The van der Waals surface area contributed by atoms with Gasteiger partial charge in [0.25, 0.3) is 0 Å². The zero-order chi connectivity index (χ0) is 18.7. The first-order valence-corrected chi connectivity index (χ1v) is 9.97. The first kappa shape index (κ1) is 20.6. The fourth-order valence-corrected chi connectivity index (χ4v) is 3.73. The molecule has 0 bridgehead atoms. The van der Waals surface area contributed by atoms with Gasteiger partial charge in [0.05, 0.1) is 7.11 Å². The van der Waals surface area contributed by atoms with Crippen molar-refractivity contribution in [3.05, 3.63) is 29.8 Å². The van der Waals surface area contributed by atoms with Crippen LogP contribution in [0.4, 0.5) is 0 Å². The fourth-order valence-electron chi connectivity index (χ4n) is 3.73. The topological polar surface area (TPSA) is 65.9 Å². The van der Waals surface area contributed by atoms with E-state index in [1.165, 1.54) is 37.7 Å². The van der Waals surface area contributed by atoms with Gasteiger partial charge in [0, 0.05) is 26.2 Å². The van der Waals surface area contributed by atoms with Crippen molar-refractivity contribution in [2.24, 2.45) is 10.4 Å². The molecule has 0 atom stereocenters. The molecular weight excluding hydrogens is 326 g/mol. The maximum atomic E-state index is 9.47. The smallest absolute Gasteiger partial charge is 0.191 e. The quantitative estimate of drug-likeness (QED) is 0.467. The summed E-state index contributed by atoms with van der Waals surface area (Å²) in [6.07, 6.45) is 8.01. The van der Waals surface area contributed by atoms with Gasteiger partial charge >= 0.3 is 0 Å². The first-order valence-electron chi connectivity index (χ1n) is 9.97. The minimum atomic E-state index is 0.186. The van der Waals surface area contributed by atoms with Gasteiger partial charge in [0.15, 0.2) is 5.96 Å². The molecule has 1 aliphatic rings. The molecule has 0 saturated heterocycles. The molecule has 5 nitrogen and oxygen atoms in total. The number of guanidine groups is 1. The van der Waals surface area contributed by atoms with E-state index < -0.39 is 0 Å². The van der Waals surface area contributed by atoms with E-state index in [0.29, 0.717) is 0 Å². The second-order valence-corrected chi connectivity index (χ2v) is 7.25. The lowest BCUT2D eigenvalue weighted by molar-refractivity contribution is 0.137. The van der Waals surface area contributed by atoms with Gasteiger partial charge in [0.1, 0.15) is 5.75 Å². The molecule has 0 spiro atoms. The number of nitrogens with one attached hydrogen (secondary N) is 2. The van der Waals surface area contributed by atoms with Crippen molar-refractivity contribution in [2.45, 2.75) is 51.9 Å². The van der Waals surface area contributed by atoms with Crippen LogP contribution in [0.2, 0.25) is 0 Å². The van der Waals surface area contributed by atoms with Crippen LogP contribution in [0.5, 0.6) is 5.75 Å². The Morgan fingerprint density at radius 2 is 1.88 bits per heavy atom. The molecule has 0 radical (unpaired) electrons. The molecular formula is C21H35N3O2. The molecule has 146 valence electrons. The van der Waals surface area contributed by atoms with Crippen LogP contribution in [0, 0.1) is 5.41 Å². The van der Waals surface area contributed by atoms with E-state index in [2.05, 4.69) is 29.7 Å². The number of ether oxygens (including phenoxy) is 1. The predicted molar refractivity (Wildman–Crippen MR) is 108 cm³/mol. The molecule has 1 aliphatic carbocycles. The van der Waals surface area contributed by atoms with E-state index in [-0.39, 0.29) is 12.0 Å². The van der Waals surface area contributed by atoms with Crippen LogP contribution in [-0.4, -0.2) is 44.4 Å². The summed E-state index contributed by atoms with van der Waals surface area (Å²) in [7, 11) is 1.69. The molecule has 0 unspecified atom stereocenters. The number of aliphatic hydroxyl groups is 1. The van der Waals surface area contributed by atoms with Gasteiger partial charge in [-0.25, -0.2) is 0 Å². The molecule has 0 heterocycles. The Morgan fingerprint density at radius 3 is 2.50 bits per heavy atom. The zero-order valence-corrected chi connectivity index (χ0v) is 16.4. The molecule has 0 amide bonds. The van der Waals surface area contributed by atoms with E-state index in [1.807, 2.05) is 12.1 Å². The third-order valence-corrected chi connectivity index (χ3v) is 5.34. The van der Waals surface area contributed by atoms with Crippen LogP contribution in [0.1, 0.15) is 51.0 Å². The van der Waals surface area contributed by atoms with Crippen molar-refractivity contribution in [2.75, 3.05) is 33.4 Å². The number of hydrogen-bond acceptors (Lipinski definition) is 3. The highest BCUT2D eigenvalue weighted by Crippen LogP contribution is 2.39. The molecule has 5 heteroatoms. The summed E-state index contributed by atoms with van der Waals surface area (Å²) in [6.45, 7) is 4.83. The number of nitrogens with zero attached hydrogens (tertiary/aromatic N) is 1. The zero-order valence-electron chi connectivity index (χ0n) is 16.4. The van der Waals surface area contributed by atoms with Crippen LogP contribution < -0.4 is 15.4 Å². The second-order valence-electron chi connectivity index (χ2n) is 7.25. The Kier molecular flexibility index (Phi) is 8.75. The van der Waals surface area contributed by atoms with Crippen LogP contribution in [0.15, 0.2) is 29.3 Å². The summed E-state index contributed by atoms with van der Waals surface area (Å²) >= 11 is 0. The lowest BCUT2D eigenvalue weighted by Crippen LogP contribution is -2.40. The third-order valence-electron chi connectivity index (χ3n) is 5.34. The minimum absolute atomic E-state index is 0.186. The summed E-state index contributed by atoms with van der Waals surface area (Å²) in [6, 6.07) is 8.19. The number of methoxy groups -OCH3 is 1. The molecule has 1 aromatic carbocycles. The maximum Gasteiger partial charge on any atom is 0.191 e. The van der Waals surface area contributed by atoms with Crippen LogP contribution >= 0.6 is 0 Å². The Labute approximate surface area is 158 Å². The SMILES string of the molecule is CCNC(=NCC1(CCO)CCCCC1)NCCc1ccc(OC)cc1. The molecule has 1 aromatic rings. The van der Waals surface area contributed by atoms with Gasteiger partial charge in [-0.15, -0.1) is 0 Å². The Balaban J connectivity index is 1.88. The summed E-state index contributed by atoms with van der Waals surface area (Å²) in [5.41, 5.74) is 1.46. The normalized spacial score (nSPS) is 17.0. The maximum absolute atomic E-state index is 9.47. The monoisotopic (exact) mass is 361 g/mol. The molecule has 0 aromatic heterocycles. The van der Waals surface area contributed by atoms with Crippen LogP contribution in [0.3, 0.4) is 0 Å². The van der Waals surface area contributed by atoms with Crippen molar-refractivity contribution in [1.29, 1.82) is 0 Å². The van der Waals surface area contributed by atoms with Crippen molar-refractivity contribution in [1.82, 2.24) is 10.6 Å². The van der Waals surface area contributed by atoms with Gasteiger partial charge in [-0.1, -0.05) is 31.4 Å². The van der Waals surface area contributed by atoms with Crippen molar-refractivity contribution >= 4 is 5.96 Å². The van der Waals surface area contributed by atoms with Crippen molar-refractivity contribution in [3.63, 3.8) is 0 Å². The second kappa shape index (κ2) is 11.1. The van der Waals surface area contributed by atoms with Gasteiger partial charge in [0.2, 0.25) is 0 Å². The minimum Gasteiger partial charge on any atom is -0.497 e. The highest BCUT2D eigenvalue weighted by molar-refractivity contribution is 5.79. The van der Waals surface area contributed by atoms with Crippen molar-refractivity contribution < 1.29 is 9.84 Å². The summed E-state index contributed by atoms with van der Waals surface area (Å²) in [5, 5.41) is 16.3. The van der Waals surface area contributed by atoms with Crippen LogP contribution in [0.25, 0.3) is 0 Å². The Hall–Kier alpha value is -1.75. The van der Waals surface area contributed by atoms with Gasteiger partial charge < -0.3 is 20.5 Å². The van der Waals surface area contributed by atoms with Gasteiger partial charge in [-0.05, 0) is 55.7 Å². The number of hydrogen-bond donors (Lipinski definition) is 3. The number of rotatable bonds is 9. The van der Waals surface area contributed by atoms with Crippen LogP contribution in [-0.2, 0) is 6.42 Å². The highest BCUT2D eigenvalue weighted by Gasteiger charge is 2.31. The summed E-state index contributed by atoms with van der Waals surface area (Å²) < 4.78 is 5.20. The number of aliphatic imine (C=N–C) groups is 1. The van der Waals surface area contributed by atoms with Gasteiger partial charge in [-0.2, -0.15) is 0 Å². The Morgan fingerprint density at radius 1 is 1.15 bits per heavy atom. The van der Waals surface area contributed by atoms with E-state index in [1.54, 1.807) is 7.11 Å². The van der Waals surface area contributed by atoms with E-state index in [9.17, 15) is 5.11 Å². The average molecular weight is 362 g/mol. The number of aliphatic hydroxyl groups excluding tert-OH is 1. The van der Waals surface area contributed by atoms with E-state index in [0.717, 1.165) is 44.2 Å². The molecule has 26 heavy (non-hydrogen) atoms. The standard InChI is InChI=1S/C21H35N3O2/c1-3-22-20(23-15-11-18-7-9-19(26-2)10-8-18)24-17-21(14-16-25)12-5-4-6-13-21/h7-10,25H,3-6,11-17H2,1-2H3,(H2,22,23,24). The third kappa shape index (κ3) is 6.52. The molecule has 2 rings (SSSR count). The highest BCUT2D eigenvalue weighted by atomic mass is 16.5. The number of benzene rings is 1. The molecule has 1 fully saturated rings. The average Bonchev–Trinajstić information content (AvgIpc) is 2.68. The molecule has 0 aliphatic heterocycles. The molecule has 3 N–H and O–H groups in total. The first-order chi connectivity index (χ1) is 12.7. The Bertz CT molecular complexity index is 531. The molecule has 1 saturated carbocycles. The summed E-state index contributed by atoms with van der Waals surface area (Å²) in [4.78, 5) is 4.85. The van der Waals surface area contributed by atoms with Gasteiger partial charge in [-0.3, -0.25) is 4.99 Å². The van der Waals surface area contributed by atoms with E-state index >= 15 is 0 Å². The van der Waals surface area contributed by atoms with Crippen molar-refractivity contribution in [3.8, 4) is 5.75 Å². The largest absolute Gasteiger partial charge is 0.497 e. The lowest BCUT2D eigenvalue weighted by atomic mass is 9.72. The predicted octanol–water partition coefficient (Wildman–Crippen LogP) is 3.13. The fraction of sp³-hybridized carbons (Fsp3) is 0.667. The van der Waals surface area contributed by atoms with E-state index in [4.69, 9.17) is 9.73 Å².